The van der Waals surface area contributed by atoms with Crippen molar-refractivity contribution in [2.75, 3.05) is 33.7 Å². The van der Waals surface area contributed by atoms with E-state index in [0.717, 1.165) is 63.3 Å². The lowest BCUT2D eigenvalue weighted by Gasteiger charge is -2.33. The lowest BCUT2D eigenvalue weighted by molar-refractivity contribution is -0.132. The summed E-state index contributed by atoms with van der Waals surface area (Å²) in [6.45, 7) is 3.49. The van der Waals surface area contributed by atoms with E-state index in [1.807, 2.05) is 17.3 Å². The molecule has 1 saturated heterocycles. The Labute approximate surface area is 167 Å². The Balaban J connectivity index is 1.51. The lowest BCUT2D eigenvalue weighted by Crippen LogP contribution is -2.39. The fourth-order valence-electron chi connectivity index (χ4n) is 3.84. The van der Waals surface area contributed by atoms with Gasteiger partial charge >= 0.3 is 0 Å². The monoisotopic (exact) mass is 386 g/mol. The second kappa shape index (κ2) is 9.82. The van der Waals surface area contributed by atoms with Gasteiger partial charge in [0.1, 0.15) is 11.6 Å². The first-order valence-electron chi connectivity index (χ1n) is 10.2. The molecule has 2 aromatic rings. The average Bonchev–Trinajstić information content (AvgIpc) is 3.16. The first-order chi connectivity index (χ1) is 13.5. The first kappa shape index (κ1) is 20.5. The minimum atomic E-state index is -0.219. The molecule has 6 heteroatoms. The van der Waals surface area contributed by atoms with Gasteiger partial charge in [-0.2, -0.15) is 0 Å². The van der Waals surface area contributed by atoms with Crippen LogP contribution in [0, 0.1) is 5.82 Å². The van der Waals surface area contributed by atoms with E-state index in [9.17, 15) is 9.18 Å². The molecule has 0 saturated carbocycles. The van der Waals surface area contributed by atoms with Crippen molar-refractivity contribution >= 4 is 5.91 Å². The Kier molecular flexibility index (Phi) is 7.20. The SMILES string of the molecule is CN(C)CCn1ccnc1C1CCCN(C(=O)CCCc2ccc(F)cc2)C1. The van der Waals surface area contributed by atoms with E-state index in [0.29, 0.717) is 12.3 Å². The van der Waals surface area contributed by atoms with Gasteiger partial charge in [0.05, 0.1) is 0 Å². The molecule has 1 amide bonds. The zero-order valence-corrected chi connectivity index (χ0v) is 17.0. The number of likely N-dealkylation sites (tertiary alicyclic amines) is 1. The number of aromatic nitrogens is 2. The summed E-state index contributed by atoms with van der Waals surface area (Å²) in [4.78, 5) is 21.5. The van der Waals surface area contributed by atoms with E-state index in [4.69, 9.17) is 0 Å². The van der Waals surface area contributed by atoms with Crippen molar-refractivity contribution < 1.29 is 9.18 Å². The van der Waals surface area contributed by atoms with Crippen molar-refractivity contribution in [3.63, 3.8) is 0 Å². The molecule has 0 radical (unpaired) electrons. The Morgan fingerprint density at radius 3 is 2.82 bits per heavy atom. The van der Waals surface area contributed by atoms with E-state index >= 15 is 0 Å². The summed E-state index contributed by atoms with van der Waals surface area (Å²) in [7, 11) is 4.15. The molecule has 0 N–H and O–H groups in total. The molecule has 3 rings (SSSR count). The van der Waals surface area contributed by atoms with Crippen molar-refractivity contribution in [2.24, 2.45) is 0 Å². The highest BCUT2D eigenvalue weighted by molar-refractivity contribution is 5.76. The van der Waals surface area contributed by atoms with Gasteiger partial charge in [-0.15, -0.1) is 0 Å². The van der Waals surface area contributed by atoms with Crippen molar-refractivity contribution in [3.8, 4) is 0 Å². The van der Waals surface area contributed by atoms with Gasteiger partial charge in [0, 0.05) is 50.9 Å². The highest BCUT2D eigenvalue weighted by Gasteiger charge is 2.27. The highest BCUT2D eigenvalue weighted by atomic mass is 19.1. The van der Waals surface area contributed by atoms with Crippen LogP contribution in [0.5, 0.6) is 0 Å². The molecule has 0 spiro atoms. The van der Waals surface area contributed by atoms with E-state index < -0.39 is 0 Å². The van der Waals surface area contributed by atoms with Crippen molar-refractivity contribution in [1.29, 1.82) is 0 Å². The fraction of sp³-hybridized carbons (Fsp3) is 0.545. The van der Waals surface area contributed by atoms with Crippen LogP contribution in [0.25, 0.3) is 0 Å². The van der Waals surface area contributed by atoms with Crippen LogP contribution in [0.1, 0.15) is 43.0 Å². The minimum absolute atomic E-state index is 0.219. The Morgan fingerprint density at radius 1 is 1.29 bits per heavy atom. The number of likely N-dealkylation sites (N-methyl/N-ethyl adjacent to an activating group) is 1. The molecule has 1 aromatic heterocycles. The number of hydrogen-bond donors (Lipinski definition) is 0. The molecule has 1 aliphatic rings. The summed E-state index contributed by atoms with van der Waals surface area (Å²) in [5, 5.41) is 0. The predicted molar refractivity (Wildman–Crippen MR) is 109 cm³/mol. The molecule has 152 valence electrons. The van der Waals surface area contributed by atoms with Crippen LogP contribution in [0.4, 0.5) is 4.39 Å². The number of carbonyl (C=O) groups is 1. The number of aryl methyl sites for hydroxylation is 1. The Hall–Kier alpha value is -2.21. The number of amides is 1. The molecule has 1 atom stereocenters. The Bertz CT molecular complexity index is 756. The maximum atomic E-state index is 13.0. The standard InChI is InChI=1S/C22H31FN4O/c1-25(2)15-16-26-14-12-24-22(26)19-6-4-13-27(17-19)21(28)7-3-5-18-8-10-20(23)11-9-18/h8-12,14,19H,3-7,13,15-17H2,1-2H3. The molecule has 28 heavy (non-hydrogen) atoms. The molecule has 1 unspecified atom stereocenters. The van der Waals surface area contributed by atoms with Crippen LogP contribution < -0.4 is 0 Å². The molecule has 5 nitrogen and oxygen atoms in total. The van der Waals surface area contributed by atoms with Gasteiger partial charge in [-0.1, -0.05) is 12.1 Å². The number of halogens is 1. The zero-order valence-electron chi connectivity index (χ0n) is 17.0. The van der Waals surface area contributed by atoms with Gasteiger partial charge in [0.25, 0.3) is 0 Å². The summed E-state index contributed by atoms with van der Waals surface area (Å²) >= 11 is 0. The molecule has 0 aliphatic carbocycles. The smallest absolute Gasteiger partial charge is 0.222 e. The number of benzene rings is 1. The molecule has 2 heterocycles. The number of hydrogen-bond acceptors (Lipinski definition) is 3. The predicted octanol–water partition coefficient (Wildman–Crippen LogP) is 3.31. The summed E-state index contributed by atoms with van der Waals surface area (Å²) in [5.41, 5.74) is 1.08. The van der Waals surface area contributed by atoms with Crippen LogP contribution in [0.3, 0.4) is 0 Å². The number of carbonyl (C=O) groups excluding carboxylic acids is 1. The largest absolute Gasteiger partial charge is 0.342 e. The molecule has 1 aromatic carbocycles. The quantitative estimate of drug-likeness (QED) is 0.699. The molecular formula is C22H31FN4O. The zero-order chi connectivity index (χ0) is 19.9. The van der Waals surface area contributed by atoms with Crippen molar-refractivity contribution in [2.45, 2.75) is 44.6 Å². The maximum absolute atomic E-state index is 13.0. The van der Waals surface area contributed by atoms with Gasteiger partial charge in [-0.05, 0) is 57.5 Å². The first-order valence-corrected chi connectivity index (χ1v) is 10.2. The summed E-state index contributed by atoms with van der Waals surface area (Å²) in [6, 6.07) is 6.55. The third kappa shape index (κ3) is 5.64. The van der Waals surface area contributed by atoms with Crippen LogP contribution in [0.15, 0.2) is 36.7 Å². The van der Waals surface area contributed by atoms with Crippen LogP contribution in [-0.2, 0) is 17.8 Å². The van der Waals surface area contributed by atoms with Crippen LogP contribution >= 0.6 is 0 Å². The maximum Gasteiger partial charge on any atom is 0.222 e. The van der Waals surface area contributed by atoms with E-state index in [1.54, 1.807) is 12.1 Å². The Morgan fingerprint density at radius 2 is 2.07 bits per heavy atom. The second-order valence-corrected chi connectivity index (χ2v) is 7.94. The third-order valence-electron chi connectivity index (χ3n) is 5.44. The summed E-state index contributed by atoms with van der Waals surface area (Å²) in [6.07, 6.45) is 8.16. The van der Waals surface area contributed by atoms with E-state index in [2.05, 4.69) is 28.5 Å². The number of rotatable bonds is 8. The van der Waals surface area contributed by atoms with Gasteiger partial charge in [0.15, 0.2) is 0 Å². The normalized spacial score (nSPS) is 17.3. The van der Waals surface area contributed by atoms with Crippen molar-refractivity contribution in [1.82, 2.24) is 19.4 Å². The number of imidazole rings is 1. The minimum Gasteiger partial charge on any atom is -0.342 e. The highest BCUT2D eigenvalue weighted by Crippen LogP contribution is 2.26. The van der Waals surface area contributed by atoms with Crippen LogP contribution in [0.2, 0.25) is 0 Å². The topological polar surface area (TPSA) is 41.4 Å². The van der Waals surface area contributed by atoms with Gasteiger partial charge in [-0.3, -0.25) is 4.79 Å². The van der Waals surface area contributed by atoms with Gasteiger partial charge < -0.3 is 14.4 Å². The van der Waals surface area contributed by atoms with Crippen LogP contribution in [-0.4, -0.2) is 59.0 Å². The lowest BCUT2D eigenvalue weighted by atomic mass is 9.96. The summed E-state index contributed by atoms with van der Waals surface area (Å²) in [5.74, 6) is 1.42. The summed E-state index contributed by atoms with van der Waals surface area (Å²) < 4.78 is 15.2. The average molecular weight is 387 g/mol. The van der Waals surface area contributed by atoms with E-state index in [1.165, 1.54) is 12.1 Å². The van der Waals surface area contributed by atoms with Gasteiger partial charge in [0.2, 0.25) is 5.91 Å². The number of nitrogens with zero attached hydrogens (tertiary/aromatic N) is 4. The van der Waals surface area contributed by atoms with Gasteiger partial charge in [-0.25, -0.2) is 9.37 Å². The molecule has 1 aliphatic heterocycles. The molecular weight excluding hydrogens is 355 g/mol. The molecule has 0 bridgehead atoms. The fourth-order valence-corrected chi connectivity index (χ4v) is 3.84. The van der Waals surface area contributed by atoms with Crippen molar-refractivity contribution in [3.05, 3.63) is 53.9 Å². The molecule has 1 fully saturated rings. The second-order valence-electron chi connectivity index (χ2n) is 7.94. The van der Waals surface area contributed by atoms with E-state index in [-0.39, 0.29) is 11.7 Å². The third-order valence-corrected chi connectivity index (χ3v) is 5.44. The number of piperidine rings is 1.